The highest BCUT2D eigenvalue weighted by molar-refractivity contribution is 7.13. The molecule has 198 valence electrons. The first-order valence-electron chi connectivity index (χ1n) is 13.1. The van der Waals surface area contributed by atoms with E-state index >= 15 is 0 Å². The number of fused-ring (bicyclic) bond motifs is 1. The Hall–Kier alpha value is -3.20. The first-order valence-corrected chi connectivity index (χ1v) is 13.9. The molecule has 1 fully saturated rings. The zero-order valence-corrected chi connectivity index (χ0v) is 22.4. The van der Waals surface area contributed by atoms with Crippen molar-refractivity contribution in [3.63, 3.8) is 0 Å². The van der Waals surface area contributed by atoms with Crippen molar-refractivity contribution in [1.82, 2.24) is 9.88 Å². The number of carbonyl (C=O) groups excluding carboxylic acids is 3. The number of aliphatic hydroxyl groups is 2. The van der Waals surface area contributed by atoms with E-state index in [0.717, 1.165) is 27.3 Å². The number of aromatic nitrogens is 1. The molecule has 2 heterocycles. The van der Waals surface area contributed by atoms with Crippen LogP contribution in [0.4, 0.5) is 0 Å². The van der Waals surface area contributed by atoms with E-state index in [9.17, 15) is 24.6 Å². The Morgan fingerprint density at radius 2 is 1.89 bits per heavy atom. The standard InChI is InChI=1S/C30H32N2O5S/c1-17-29(38-16-31-17)20-10-7-19(8-11-20)9-12-26(35)25-14-22(34)15-32(25)30(37)27(18(2)33)24-13-21-5-3-4-6-23(21)28(24)36/h3-8,10-11,16,18,22,24-25,27,33-34H,9,12-15H2,1-2H3/t18-,22+,24?,25-,27+/m0/s1. The smallest absolute Gasteiger partial charge is 0.229 e. The van der Waals surface area contributed by atoms with Gasteiger partial charge in [0.2, 0.25) is 5.91 Å². The number of ketones is 2. The topological polar surface area (TPSA) is 108 Å². The number of benzene rings is 2. The van der Waals surface area contributed by atoms with Crippen molar-refractivity contribution >= 4 is 28.8 Å². The molecule has 38 heavy (non-hydrogen) atoms. The van der Waals surface area contributed by atoms with Gasteiger partial charge in [-0.25, -0.2) is 4.98 Å². The van der Waals surface area contributed by atoms with Crippen molar-refractivity contribution < 1.29 is 24.6 Å². The minimum atomic E-state index is -1.07. The van der Waals surface area contributed by atoms with Crippen LogP contribution < -0.4 is 0 Å². The van der Waals surface area contributed by atoms with Gasteiger partial charge in [-0.2, -0.15) is 0 Å². The first-order chi connectivity index (χ1) is 18.2. The number of aryl methyl sites for hydroxylation is 2. The van der Waals surface area contributed by atoms with E-state index < -0.39 is 36.0 Å². The van der Waals surface area contributed by atoms with E-state index in [1.54, 1.807) is 23.5 Å². The maximum atomic E-state index is 13.7. The van der Waals surface area contributed by atoms with Crippen LogP contribution in [-0.2, 0) is 22.4 Å². The summed E-state index contributed by atoms with van der Waals surface area (Å²) in [5, 5.41) is 21.0. The fourth-order valence-electron chi connectivity index (χ4n) is 5.86. The molecule has 5 atom stereocenters. The predicted octanol–water partition coefficient (Wildman–Crippen LogP) is 3.63. The summed E-state index contributed by atoms with van der Waals surface area (Å²) in [5.41, 5.74) is 6.36. The Kier molecular flexibility index (Phi) is 7.56. The van der Waals surface area contributed by atoms with E-state index in [1.165, 1.54) is 11.8 Å². The van der Waals surface area contributed by atoms with E-state index in [-0.39, 0.29) is 31.0 Å². The average Bonchev–Trinajstić information content (AvgIpc) is 3.60. The van der Waals surface area contributed by atoms with Crippen LogP contribution in [0.5, 0.6) is 0 Å². The van der Waals surface area contributed by atoms with Crippen LogP contribution in [-0.4, -0.2) is 62.4 Å². The van der Waals surface area contributed by atoms with E-state index in [1.807, 2.05) is 48.8 Å². The molecule has 1 unspecified atom stereocenters. The van der Waals surface area contributed by atoms with Crippen molar-refractivity contribution in [3.8, 4) is 10.4 Å². The molecule has 8 heteroatoms. The monoisotopic (exact) mass is 532 g/mol. The van der Waals surface area contributed by atoms with E-state index in [2.05, 4.69) is 4.98 Å². The molecule has 0 bridgehead atoms. The largest absolute Gasteiger partial charge is 0.393 e. The molecule has 1 aromatic heterocycles. The molecule has 5 rings (SSSR count). The lowest BCUT2D eigenvalue weighted by Gasteiger charge is -2.32. The predicted molar refractivity (Wildman–Crippen MR) is 145 cm³/mol. The number of thiazole rings is 1. The van der Waals surface area contributed by atoms with Crippen LogP contribution in [0, 0.1) is 18.8 Å². The molecule has 0 radical (unpaired) electrons. The average molecular weight is 533 g/mol. The zero-order chi connectivity index (χ0) is 27.0. The normalized spacial score (nSPS) is 22.4. The molecule has 2 aliphatic rings. The quantitative estimate of drug-likeness (QED) is 0.459. The fourth-order valence-corrected chi connectivity index (χ4v) is 6.67. The summed E-state index contributed by atoms with van der Waals surface area (Å²) >= 11 is 1.59. The minimum absolute atomic E-state index is 0.0230. The number of hydrogen-bond donors (Lipinski definition) is 2. The van der Waals surface area contributed by atoms with Crippen molar-refractivity contribution in [2.24, 2.45) is 11.8 Å². The summed E-state index contributed by atoms with van der Waals surface area (Å²) in [7, 11) is 0. The molecule has 2 aromatic carbocycles. The molecular formula is C30H32N2O5S. The van der Waals surface area contributed by atoms with Crippen molar-refractivity contribution in [1.29, 1.82) is 0 Å². The van der Waals surface area contributed by atoms with Gasteiger partial charge in [0.1, 0.15) is 0 Å². The van der Waals surface area contributed by atoms with Crippen molar-refractivity contribution in [2.75, 3.05) is 6.54 Å². The highest BCUT2D eigenvalue weighted by Gasteiger charge is 2.47. The second-order valence-corrected chi connectivity index (χ2v) is 11.3. The Bertz CT molecular complexity index is 1350. The molecule has 7 nitrogen and oxygen atoms in total. The van der Waals surface area contributed by atoms with E-state index in [0.29, 0.717) is 18.4 Å². The van der Waals surface area contributed by atoms with Gasteiger partial charge in [-0.15, -0.1) is 11.3 Å². The summed E-state index contributed by atoms with van der Waals surface area (Å²) < 4.78 is 0. The first kappa shape index (κ1) is 26.4. The molecule has 1 aliphatic heterocycles. The van der Waals surface area contributed by atoms with E-state index in [4.69, 9.17) is 0 Å². The van der Waals surface area contributed by atoms with Gasteiger partial charge in [-0.05, 0) is 43.4 Å². The fraction of sp³-hybridized carbons (Fsp3) is 0.400. The van der Waals surface area contributed by atoms with Crippen LogP contribution in [0.2, 0.25) is 0 Å². The second-order valence-electron chi connectivity index (χ2n) is 10.4. The van der Waals surface area contributed by atoms with Gasteiger partial charge in [0.15, 0.2) is 11.6 Å². The molecular weight excluding hydrogens is 500 g/mol. The summed E-state index contributed by atoms with van der Waals surface area (Å²) in [5.74, 6) is -2.38. The number of Topliss-reactive ketones (excluding diaryl/α,β-unsaturated/α-hetero) is 2. The number of β-amino-alcohol motifs (C(OH)–C–C–N with tert-alkyl or cyclic N) is 1. The number of nitrogens with zero attached hydrogens (tertiary/aromatic N) is 2. The van der Waals surface area contributed by atoms with Crippen LogP contribution in [0.1, 0.15) is 46.9 Å². The van der Waals surface area contributed by atoms with Crippen molar-refractivity contribution in [2.45, 2.75) is 57.8 Å². The molecule has 0 spiro atoms. The molecule has 0 saturated carbocycles. The Labute approximate surface area is 226 Å². The van der Waals surface area contributed by atoms with Gasteiger partial charge in [-0.1, -0.05) is 48.5 Å². The Morgan fingerprint density at radius 1 is 1.16 bits per heavy atom. The maximum absolute atomic E-state index is 13.7. The SMILES string of the molecule is Cc1ncsc1-c1ccc(CCC(=O)[C@@H]2C[C@@H](O)CN2C(=O)[C@@H](C2Cc3ccccc3C2=O)[C@H](C)O)cc1. The van der Waals surface area contributed by atoms with Crippen molar-refractivity contribution in [3.05, 3.63) is 76.4 Å². The van der Waals surface area contributed by atoms with Gasteiger partial charge in [0.25, 0.3) is 0 Å². The molecule has 1 amide bonds. The Balaban J connectivity index is 1.27. The van der Waals surface area contributed by atoms with Gasteiger partial charge in [0, 0.05) is 30.9 Å². The lowest BCUT2D eigenvalue weighted by Crippen LogP contribution is -2.49. The molecule has 1 aliphatic carbocycles. The van der Waals surface area contributed by atoms with Crippen LogP contribution >= 0.6 is 11.3 Å². The van der Waals surface area contributed by atoms with Crippen LogP contribution in [0.3, 0.4) is 0 Å². The van der Waals surface area contributed by atoms with Gasteiger partial charge in [0.05, 0.1) is 40.2 Å². The molecule has 2 N–H and O–H groups in total. The highest BCUT2D eigenvalue weighted by Crippen LogP contribution is 2.36. The Morgan fingerprint density at radius 3 is 2.55 bits per heavy atom. The lowest BCUT2D eigenvalue weighted by molar-refractivity contribution is -0.145. The van der Waals surface area contributed by atoms with Gasteiger partial charge in [-0.3, -0.25) is 14.4 Å². The maximum Gasteiger partial charge on any atom is 0.229 e. The third-order valence-electron chi connectivity index (χ3n) is 7.85. The number of hydrogen-bond acceptors (Lipinski definition) is 7. The number of rotatable bonds is 8. The summed E-state index contributed by atoms with van der Waals surface area (Å²) in [4.78, 5) is 47.0. The third-order valence-corrected chi connectivity index (χ3v) is 8.83. The minimum Gasteiger partial charge on any atom is -0.393 e. The summed E-state index contributed by atoms with van der Waals surface area (Å²) in [6, 6.07) is 14.6. The molecule has 3 aromatic rings. The number of amides is 1. The lowest BCUT2D eigenvalue weighted by atomic mass is 9.83. The second kappa shape index (κ2) is 10.9. The molecule has 1 saturated heterocycles. The van der Waals surface area contributed by atoms with Crippen LogP contribution in [0.15, 0.2) is 54.0 Å². The van der Waals surface area contributed by atoms with Gasteiger partial charge < -0.3 is 15.1 Å². The highest BCUT2D eigenvalue weighted by atomic mass is 32.1. The zero-order valence-electron chi connectivity index (χ0n) is 21.5. The number of aliphatic hydroxyl groups excluding tert-OH is 2. The summed E-state index contributed by atoms with van der Waals surface area (Å²) in [6.07, 6.45) is -0.596. The third kappa shape index (κ3) is 5.08. The van der Waals surface area contributed by atoms with Crippen LogP contribution in [0.25, 0.3) is 10.4 Å². The number of carbonyl (C=O) groups is 3. The summed E-state index contributed by atoms with van der Waals surface area (Å²) in [6.45, 7) is 3.51. The number of likely N-dealkylation sites (tertiary alicyclic amines) is 1. The van der Waals surface area contributed by atoms with Gasteiger partial charge >= 0.3 is 0 Å².